The highest BCUT2D eigenvalue weighted by atomic mass is 16.4. The Kier molecular flexibility index (Phi) is 5.34. The number of hydrogen-bond donors (Lipinski definition) is 1. The average Bonchev–Trinajstić information content (AvgIpc) is 2.29. The van der Waals surface area contributed by atoms with Gasteiger partial charge >= 0.3 is 5.97 Å². The average molecular weight is 218 g/mol. The second kappa shape index (κ2) is 6.83. The number of unbranched alkanes of at least 4 members (excludes halogenated alkanes) is 1. The molecule has 0 radical (unpaired) electrons. The minimum Gasteiger partial charge on any atom is -0.481 e. The van der Waals surface area contributed by atoms with Crippen LogP contribution in [-0.4, -0.2) is 11.1 Å². The Balaban J connectivity index is 2.51. The Morgan fingerprint density at radius 3 is 2.62 bits per heavy atom. The number of carboxylic acid groups (broad SMARTS) is 1. The van der Waals surface area contributed by atoms with Crippen LogP contribution in [0, 0.1) is 5.92 Å². The van der Waals surface area contributed by atoms with Crippen molar-refractivity contribution in [3.8, 4) is 0 Å². The number of benzene rings is 1. The lowest BCUT2D eigenvalue weighted by molar-refractivity contribution is -0.141. The van der Waals surface area contributed by atoms with Crippen LogP contribution >= 0.6 is 0 Å². The predicted octanol–water partition coefficient (Wildman–Crippen LogP) is 3.29. The predicted molar refractivity (Wildman–Crippen MR) is 65.3 cm³/mol. The zero-order chi connectivity index (χ0) is 11.8. The first-order valence-corrected chi connectivity index (χ1v) is 5.61. The van der Waals surface area contributed by atoms with Gasteiger partial charge in [-0.3, -0.25) is 4.79 Å². The van der Waals surface area contributed by atoms with E-state index in [-0.39, 0.29) is 5.92 Å². The summed E-state index contributed by atoms with van der Waals surface area (Å²) in [6, 6.07) is 9.78. The smallest absolute Gasteiger partial charge is 0.306 e. The zero-order valence-corrected chi connectivity index (χ0v) is 9.43. The number of carboxylic acids is 1. The molecule has 0 aliphatic carbocycles. The lowest BCUT2D eigenvalue weighted by atomic mass is 9.94. The Hall–Kier alpha value is -1.57. The Morgan fingerprint density at radius 1 is 1.38 bits per heavy atom. The maximum atomic E-state index is 11.1. The summed E-state index contributed by atoms with van der Waals surface area (Å²) in [5.41, 5.74) is 1.09. The van der Waals surface area contributed by atoms with Crippen molar-refractivity contribution in [3.63, 3.8) is 0 Å². The summed E-state index contributed by atoms with van der Waals surface area (Å²) in [6.07, 6.45) is 4.96. The van der Waals surface area contributed by atoms with Crippen LogP contribution in [0.5, 0.6) is 0 Å². The topological polar surface area (TPSA) is 37.3 Å². The third-order valence-electron chi connectivity index (χ3n) is 2.64. The second-order valence-electron chi connectivity index (χ2n) is 3.94. The highest BCUT2D eigenvalue weighted by molar-refractivity contribution is 5.70. The van der Waals surface area contributed by atoms with Crippen molar-refractivity contribution in [1.82, 2.24) is 0 Å². The van der Waals surface area contributed by atoms with Crippen molar-refractivity contribution in [2.24, 2.45) is 5.92 Å². The molecule has 0 saturated carbocycles. The third kappa shape index (κ3) is 4.30. The Morgan fingerprint density at radius 2 is 2.06 bits per heavy atom. The molecule has 16 heavy (non-hydrogen) atoms. The van der Waals surface area contributed by atoms with Crippen LogP contribution in [0.15, 0.2) is 43.0 Å². The lowest BCUT2D eigenvalue weighted by Gasteiger charge is -2.11. The molecule has 0 fully saturated rings. The van der Waals surface area contributed by atoms with Gasteiger partial charge in [-0.15, -0.1) is 6.58 Å². The van der Waals surface area contributed by atoms with E-state index < -0.39 is 5.97 Å². The van der Waals surface area contributed by atoms with E-state index in [9.17, 15) is 4.79 Å². The van der Waals surface area contributed by atoms with Gasteiger partial charge in [0.1, 0.15) is 0 Å². The monoisotopic (exact) mass is 218 g/mol. The SMILES string of the molecule is C=CCCCC(Cc1ccccc1)C(=O)O. The normalized spacial score (nSPS) is 12.0. The van der Waals surface area contributed by atoms with Gasteiger partial charge in [0.25, 0.3) is 0 Å². The fourth-order valence-electron chi connectivity index (χ4n) is 1.72. The molecule has 1 atom stereocenters. The van der Waals surface area contributed by atoms with Gasteiger partial charge in [0.15, 0.2) is 0 Å². The van der Waals surface area contributed by atoms with Gasteiger partial charge in [0.2, 0.25) is 0 Å². The fraction of sp³-hybridized carbons (Fsp3) is 0.357. The van der Waals surface area contributed by atoms with Crippen molar-refractivity contribution in [2.45, 2.75) is 25.7 Å². The third-order valence-corrected chi connectivity index (χ3v) is 2.64. The molecule has 0 heterocycles. The summed E-state index contributed by atoms with van der Waals surface area (Å²) < 4.78 is 0. The summed E-state index contributed by atoms with van der Waals surface area (Å²) in [7, 11) is 0. The number of rotatable bonds is 7. The molecular formula is C14H18O2. The van der Waals surface area contributed by atoms with E-state index in [1.165, 1.54) is 0 Å². The van der Waals surface area contributed by atoms with E-state index in [0.717, 1.165) is 24.8 Å². The maximum absolute atomic E-state index is 11.1. The number of allylic oxidation sites excluding steroid dienone is 1. The first kappa shape index (κ1) is 12.5. The molecule has 0 spiro atoms. The van der Waals surface area contributed by atoms with Crippen molar-refractivity contribution in [2.75, 3.05) is 0 Å². The molecule has 1 aromatic carbocycles. The van der Waals surface area contributed by atoms with Gasteiger partial charge < -0.3 is 5.11 Å². The minimum absolute atomic E-state index is 0.276. The van der Waals surface area contributed by atoms with Crippen LogP contribution in [-0.2, 0) is 11.2 Å². The Labute approximate surface area is 96.6 Å². The van der Waals surface area contributed by atoms with E-state index in [4.69, 9.17) is 5.11 Å². The van der Waals surface area contributed by atoms with Gasteiger partial charge in [-0.05, 0) is 31.2 Å². The number of carbonyl (C=O) groups is 1. The van der Waals surface area contributed by atoms with Crippen molar-refractivity contribution in [3.05, 3.63) is 48.6 Å². The molecule has 0 amide bonds. The molecular weight excluding hydrogens is 200 g/mol. The van der Waals surface area contributed by atoms with Gasteiger partial charge in [0, 0.05) is 0 Å². The highest BCUT2D eigenvalue weighted by Gasteiger charge is 2.16. The summed E-state index contributed by atoms with van der Waals surface area (Å²) in [4.78, 5) is 11.1. The maximum Gasteiger partial charge on any atom is 0.306 e. The van der Waals surface area contributed by atoms with E-state index in [2.05, 4.69) is 6.58 Å². The number of hydrogen-bond acceptors (Lipinski definition) is 1. The van der Waals surface area contributed by atoms with E-state index in [0.29, 0.717) is 6.42 Å². The van der Waals surface area contributed by atoms with Crippen LogP contribution < -0.4 is 0 Å². The minimum atomic E-state index is -0.701. The highest BCUT2D eigenvalue weighted by Crippen LogP contribution is 2.15. The zero-order valence-electron chi connectivity index (χ0n) is 9.43. The van der Waals surface area contributed by atoms with E-state index in [1.807, 2.05) is 36.4 Å². The molecule has 1 unspecified atom stereocenters. The Bertz CT molecular complexity index is 330. The number of aliphatic carboxylic acids is 1. The van der Waals surface area contributed by atoms with Crippen LogP contribution in [0.2, 0.25) is 0 Å². The fourth-order valence-corrected chi connectivity index (χ4v) is 1.72. The largest absolute Gasteiger partial charge is 0.481 e. The van der Waals surface area contributed by atoms with Gasteiger partial charge in [-0.25, -0.2) is 0 Å². The quantitative estimate of drug-likeness (QED) is 0.563. The molecule has 1 aromatic rings. The molecule has 86 valence electrons. The summed E-state index contributed by atoms with van der Waals surface area (Å²) in [5, 5.41) is 9.11. The van der Waals surface area contributed by atoms with Gasteiger partial charge in [-0.1, -0.05) is 36.4 Å². The van der Waals surface area contributed by atoms with E-state index >= 15 is 0 Å². The van der Waals surface area contributed by atoms with Gasteiger partial charge in [0.05, 0.1) is 5.92 Å². The molecule has 2 heteroatoms. The molecule has 0 aromatic heterocycles. The standard InChI is InChI=1S/C14H18O2/c1-2-3-5-10-13(14(15)16)11-12-8-6-4-7-9-12/h2,4,6-9,13H,1,3,5,10-11H2,(H,15,16). The summed E-state index contributed by atoms with van der Waals surface area (Å²) in [6.45, 7) is 3.64. The molecule has 1 N–H and O–H groups in total. The second-order valence-corrected chi connectivity index (χ2v) is 3.94. The van der Waals surface area contributed by atoms with Crippen molar-refractivity contribution >= 4 is 5.97 Å². The molecule has 0 bridgehead atoms. The molecule has 0 aliphatic heterocycles. The summed E-state index contributed by atoms with van der Waals surface area (Å²) in [5.74, 6) is -0.977. The molecule has 2 nitrogen and oxygen atoms in total. The van der Waals surface area contributed by atoms with Crippen molar-refractivity contribution < 1.29 is 9.90 Å². The van der Waals surface area contributed by atoms with Gasteiger partial charge in [-0.2, -0.15) is 0 Å². The first-order chi connectivity index (χ1) is 7.74. The van der Waals surface area contributed by atoms with Crippen LogP contribution in [0.1, 0.15) is 24.8 Å². The van der Waals surface area contributed by atoms with Crippen LogP contribution in [0.4, 0.5) is 0 Å². The van der Waals surface area contributed by atoms with E-state index in [1.54, 1.807) is 0 Å². The van der Waals surface area contributed by atoms with Crippen LogP contribution in [0.3, 0.4) is 0 Å². The molecule has 1 rings (SSSR count). The molecule has 0 aliphatic rings. The lowest BCUT2D eigenvalue weighted by Crippen LogP contribution is -2.16. The van der Waals surface area contributed by atoms with Crippen LogP contribution in [0.25, 0.3) is 0 Å². The molecule has 0 saturated heterocycles. The van der Waals surface area contributed by atoms with Crippen molar-refractivity contribution in [1.29, 1.82) is 0 Å². The first-order valence-electron chi connectivity index (χ1n) is 5.61. The summed E-state index contributed by atoms with van der Waals surface area (Å²) >= 11 is 0.